The number of piperidine rings is 1. The molecule has 1 fully saturated rings. The van der Waals surface area contributed by atoms with Crippen LogP contribution < -0.4 is 16.0 Å². The van der Waals surface area contributed by atoms with Gasteiger partial charge in [0.05, 0.1) is 18.4 Å². The highest BCUT2D eigenvalue weighted by Gasteiger charge is 2.30. The summed E-state index contributed by atoms with van der Waals surface area (Å²) in [6.07, 6.45) is 3.39. The van der Waals surface area contributed by atoms with Crippen LogP contribution in [0.15, 0.2) is 29.0 Å². The van der Waals surface area contributed by atoms with E-state index < -0.39 is 6.23 Å². The highest BCUT2D eigenvalue weighted by atomic mass is 16.3. The Hall–Kier alpha value is -2.49. The molecule has 0 bridgehead atoms. The third-order valence-electron chi connectivity index (χ3n) is 6.06. The molecule has 3 atom stereocenters. The van der Waals surface area contributed by atoms with E-state index in [0.717, 1.165) is 31.8 Å². The van der Waals surface area contributed by atoms with Crippen LogP contribution in [0.5, 0.6) is 0 Å². The van der Waals surface area contributed by atoms with Gasteiger partial charge in [0, 0.05) is 44.2 Å². The van der Waals surface area contributed by atoms with E-state index in [1.807, 2.05) is 12.1 Å². The summed E-state index contributed by atoms with van der Waals surface area (Å²) in [5.41, 5.74) is 0.418. The van der Waals surface area contributed by atoms with Crippen LogP contribution in [-0.2, 0) is 16.8 Å². The van der Waals surface area contributed by atoms with Gasteiger partial charge in [-0.1, -0.05) is 34.6 Å². The number of rotatable bonds is 10. The van der Waals surface area contributed by atoms with Gasteiger partial charge in [0.1, 0.15) is 23.6 Å². The molecule has 194 valence electrons. The molecule has 4 N–H and O–H groups in total. The highest BCUT2D eigenvalue weighted by molar-refractivity contribution is 5.73. The van der Waals surface area contributed by atoms with Crippen molar-refractivity contribution in [1.82, 2.24) is 25.5 Å². The fourth-order valence-electron chi connectivity index (χ4n) is 4.51. The van der Waals surface area contributed by atoms with Crippen molar-refractivity contribution in [2.24, 2.45) is 11.8 Å². The third kappa shape index (κ3) is 8.02. The van der Waals surface area contributed by atoms with E-state index in [2.05, 4.69) is 60.5 Å². The number of aliphatic hydroxyl groups excluding tert-OH is 1. The molecule has 9 heteroatoms. The number of carbonyl (C=O) groups excluding carboxylic acids is 1. The van der Waals surface area contributed by atoms with E-state index >= 15 is 0 Å². The minimum atomic E-state index is -0.869. The van der Waals surface area contributed by atoms with Gasteiger partial charge in [-0.2, -0.15) is 0 Å². The van der Waals surface area contributed by atoms with E-state index in [1.165, 1.54) is 0 Å². The minimum absolute atomic E-state index is 0.0140. The number of carbonyl (C=O) groups is 1. The zero-order valence-corrected chi connectivity index (χ0v) is 22.0. The zero-order chi connectivity index (χ0) is 25.6. The second-order valence-corrected chi connectivity index (χ2v) is 11.1. The average Bonchev–Trinajstić information content (AvgIpc) is 3.29. The average molecular weight is 487 g/mol. The summed E-state index contributed by atoms with van der Waals surface area (Å²) in [4.78, 5) is 23.1. The van der Waals surface area contributed by atoms with Crippen LogP contribution in [0.2, 0.25) is 0 Å². The van der Waals surface area contributed by atoms with E-state index in [1.54, 1.807) is 19.4 Å². The van der Waals surface area contributed by atoms with E-state index in [4.69, 9.17) is 9.40 Å². The Balaban J connectivity index is 1.83. The number of nitrogens with one attached hydrogen (secondary N) is 3. The predicted molar refractivity (Wildman–Crippen MR) is 137 cm³/mol. The van der Waals surface area contributed by atoms with Gasteiger partial charge in [0.25, 0.3) is 0 Å². The van der Waals surface area contributed by atoms with Crippen molar-refractivity contribution in [2.75, 3.05) is 31.5 Å². The van der Waals surface area contributed by atoms with Crippen LogP contribution in [0.25, 0.3) is 0 Å². The molecule has 0 spiro atoms. The molecule has 2 aromatic rings. The van der Waals surface area contributed by atoms with Crippen molar-refractivity contribution in [2.45, 2.75) is 72.2 Å². The SMILES string of the molecule is CC(=O)N[C@H]1CNC[C@@H](CN(CC(C)C)C(O)c2cnc(C(C)(C)C)nc2NCc2ccco2)C1. The zero-order valence-electron chi connectivity index (χ0n) is 22.0. The largest absolute Gasteiger partial charge is 0.467 e. The van der Waals surface area contributed by atoms with Crippen LogP contribution in [0.1, 0.15) is 71.3 Å². The van der Waals surface area contributed by atoms with Gasteiger partial charge in [-0.3, -0.25) is 9.69 Å². The van der Waals surface area contributed by atoms with Gasteiger partial charge in [0.15, 0.2) is 0 Å². The van der Waals surface area contributed by atoms with Crippen molar-refractivity contribution < 1.29 is 14.3 Å². The summed E-state index contributed by atoms with van der Waals surface area (Å²) in [5.74, 6) is 2.75. The van der Waals surface area contributed by atoms with Gasteiger partial charge in [0.2, 0.25) is 5.91 Å². The lowest BCUT2D eigenvalue weighted by Crippen LogP contribution is -2.51. The number of furan rings is 1. The lowest BCUT2D eigenvalue weighted by Gasteiger charge is -2.37. The number of hydrogen-bond acceptors (Lipinski definition) is 8. The second kappa shape index (κ2) is 12.0. The molecule has 35 heavy (non-hydrogen) atoms. The Morgan fingerprint density at radius 1 is 1.34 bits per heavy atom. The molecule has 1 unspecified atom stereocenters. The van der Waals surface area contributed by atoms with E-state index in [-0.39, 0.29) is 17.4 Å². The molecule has 1 aliphatic heterocycles. The Kier molecular flexibility index (Phi) is 9.27. The Morgan fingerprint density at radius 3 is 2.74 bits per heavy atom. The van der Waals surface area contributed by atoms with Crippen molar-refractivity contribution in [3.63, 3.8) is 0 Å². The van der Waals surface area contributed by atoms with Crippen LogP contribution >= 0.6 is 0 Å². The van der Waals surface area contributed by atoms with Crippen LogP contribution in [0.4, 0.5) is 5.82 Å². The number of nitrogens with zero attached hydrogens (tertiary/aromatic N) is 3. The molecule has 3 rings (SSSR count). The third-order valence-corrected chi connectivity index (χ3v) is 6.06. The molecule has 0 saturated carbocycles. The lowest BCUT2D eigenvalue weighted by molar-refractivity contribution is -0.119. The molecule has 0 aliphatic carbocycles. The Morgan fingerprint density at radius 2 is 2.11 bits per heavy atom. The first-order valence-electron chi connectivity index (χ1n) is 12.6. The molecule has 2 aromatic heterocycles. The summed E-state index contributed by atoms with van der Waals surface area (Å²) in [5, 5.41) is 21.4. The first-order valence-corrected chi connectivity index (χ1v) is 12.6. The van der Waals surface area contributed by atoms with Crippen molar-refractivity contribution in [3.8, 4) is 0 Å². The maximum atomic E-state index is 11.6. The summed E-state index contributed by atoms with van der Waals surface area (Å²) in [6, 6.07) is 3.86. The van der Waals surface area contributed by atoms with Crippen molar-refractivity contribution in [1.29, 1.82) is 0 Å². The van der Waals surface area contributed by atoms with Crippen molar-refractivity contribution >= 4 is 11.7 Å². The monoisotopic (exact) mass is 486 g/mol. The molecular weight excluding hydrogens is 444 g/mol. The van der Waals surface area contributed by atoms with Gasteiger partial charge >= 0.3 is 0 Å². The quantitative estimate of drug-likeness (QED) is 0.379. The topological polar surface area (TPSA) is 116 Å². The molecule has 3 heterocycles. The number of amides is 1. The number of aromatic nitrogens is 2. The normalized spacial score (nSPS) is 19.7. The lowest BCUT2D eigenvalue weighted by atomic mass is 9.94. The minimum Gasteiger partial charge on any atom is -0.467 e. The molecule has 0 radical (unpaired) electrons. The van der Waals surface area contributed by atoms with E-state index in [0.29, 0.717) is 42.1 Å². The fourth-order valence-corrected chi connectivity index (χ4v) is 4.51. The second-order valence-electron chi connectivity index (χ2n) is 11.1. The van der Waals surface area contributed by atoms with Gasteiger partial charge in [-0.25, -0.2) is 9.97 Å². The standard InChI is InChI=1S/C26H42N6O3/c1-17(2)15-32(16-19-10-20(12-27-11-19)30-18(3)33)24(34)22-14-29-25(26(4,5)6)31-23(22)28-13-21-8-7-9-35-21/h7-9,14,17,19-20,24,27,34H,10-13,15-16H2,1-6H3,(H,30,33)(H,28,29,31)/t19-,20+,24?/m0/s1. The fraction of sp³-hybridized carbons (Fsp3) is 0.654. The summed E-state index contributed by atoms with van der Waals surface area (Å²) >= 11 is 0. The number of hydrogen-bond donors (Lipinski definition) is 4. The van der Waals surface area contributed by atoms with Crippen LogP contribution in [0, 0.1) is 11.8 Å². The predicted octanol–water partition coefficient (Wildman–Crippen LogP) is 3.04. The summed E-state index contributed by atoms with van der Waals surface area (Å²) in [6.45, 7) is 15.6. The highest BCUT2D eigenvalue weighted by Crippen LogP contribution is 2.29. The Labute approximate surface area is 209 Å². The molecule has 0 aromatic carbocycles. The van der Waals surface area contributed by atoms with Crippen LogP contribution in [-0.4, -0.2) is 58.1 Å². The maximum Gasteiger partial charge on any atom is 0.217 e. The molecular formula is C26H42N6O3. The number of aliphatic hydroxyl groups is 1. The van der Waals surface area contributed by atoms with Crippen LogP contribution in [0.3, 0.4) is 0 Å². The van der Waals surface area contributed by atoms with Gasteiger partial charge in [-0.05, 0) is 36.9 Å². The molecule has 1 aliphatic rings. The smallest absolute Gasteiger partial charge is 0.217 e. The summed E-state index contributed by atoms with van der Waals surface area (Å²) < 4.78 is 5.48. The molecule has 1 amide bonds. The Bertz CT molecular complexity index is 941. The maximum absolute atomic E-state index is 11.6. The van der Waals surface area contributed by atoms with Crippen molar-refractivity contribution in [3.05, 3.63) is 41.7 Å². The van der Waals surface area contributed by atoms with E-state index in [9.17, 15) is 9.90 Å². The van der Waals surface area contributed by atoms with Gasteiger partial charge < -0.3 is 25.5 Å². The molecule has 1 saturated heterocycles. The van der Waals surface area contributed by atoms with Gasteiger partial charge in [-0.15, -0.1) is 0 Å². The first kappa shape index (κ1) is 27.1. The number of anilines is 1. The molecule has 9 nitrogen and oxygen atoms in total. The summed E-state index contributed by atoms with van der Waals surface area (Å²) in [7, 11) is 0. The first-order chi connectivity index (χ1) is 16.5.